The van der Waals surface area contributed by atoms with E-state index in [1.165, 1.54) is 22.3 Å². The van der Waals surface area contributed by atoms with Gasteiger partial charge in [-0.3, -0.25) is 0 Å². The Balaban J connectivity index is 0.972. The maximum atomic E-state index is 12.8. The van der Waals surface area contributed by atoms with Gasteiger partial charge in [0, 0.05) is 66.4 Å². The van der Waals surface area contributed by atoms with Gasteiger partial charge in [0.15, 0.2) is 0 Å². The van der Waals surface area contributed by atoms with Gasteiger partial charge in [0.25, 0.3) is 6.71 Å². The Kier molecular flexibility index (Phi) is 14.0. The smallest absolute Gasteiger partial charge is 0.252 e. The summed E-state index contributed by atoms with van der Waals surface area (Å²) in [4.78, 5) is 4.59. The zero-order valence-electron chi connectivity index (χ0n) is 74.2. The zero-order chi connectivity index (χ0) is 85.0. The standard InChI is InChI=1S/C107H89BN6/c1-104(2,3)75-45-51-96-86(61-75)87-62-76(105(4,5)6)46-52-97(87)110(96)79-47-49-90-100(63-79)112(80-56-72(68-31-18-14-19-32-68)53-73(57-80)69-33-20-15-21-34-69)101-64-81(111-91-38-25-22-35-82(91)83-36-23-26-39-92(83)111)65-102-103(101)108(90)89-48-43-71(74-54-77(106(7,8)9)60-78(55-74)107(10,11)12)59-99(89)114(102)95-42-28-41-94(88(95)66-109)113-93-40-27-24-37-84(93)85-58-70(44-50-98(85)113)67-29-16-13-17-30-67/h13-65H,1-12H3/i22D,23D,25D,26D,35D,36D,38D,39D. The fourth-order valence-corrected chi connectivity index (χ4v) is 17.9. The molecule has 5 heterocycles. The van der Waals surface area contributed by atoms with Crippen molar-refractivity contribution in [2.24, 2.45) is 0 Å². The summed E-state index contributed by atoms with van der Waals surface area (Å²) >= 11 is 0. The third-order valence-electron chi connectivity index (χ3n) is 23.9. The second-order valence-corrected chi connectivity index (χ2v) is 35.1. The minimum absolute atomic E-state index is 0.0280. The number of para-hydroxylation sites is 3. The summed E-state index contributed by atoms with van der Waals surface area (Å²) in [6.07, 6.45) is 0. The molecule has 0 radical (unpaired) electrons. The fourth-order valence-electron chi connectivity index (χ4n) is 17.9. The topological polar surface area (TPSA) is 45.1 Å². The number of hydrogen-bond donors (Lipinski definition) is 0. The molecule has 6 nitrogen and oxygen atoms in total. The van der Waals surface area contributed by atoms with E-state index in [9.17, 15) is 16.2 Å². The van der Waals surface area contributed by atoms with Gasteiger partial charge < -0.3 is 23.5 Å². The van der Waals surface area contributed by atoms with Gasteiger partial charge in [-0.1, -0.05) is 289 Å². The number of nitriles is 1. The van der Waals surface area contributed by atoms with E-state index in [0.717, 1.165) is 127 Å². The Labute approximate surface area is 680 Å². The van der Waals surface area contributed by atoms with Crippen LogP contribution in [0.5, 0.6) is 0 Å². The van der Waals surface area contributed by atoms with Gasteiger partial charge in [-0.2, -0.15) is 5.26 Å². The number of nitrogens with zero attached hydrogens (tertiary/aromatic N) is 6. The molecule has 0 aliphatic carbocycles. The first kappa shape index (κ1) is 61.5. The van der Waals surface area contributed by atoms with E-state index in [1.807, 2.05) is 48.5 Å². The van der Waals surface area contributed by atoms with Crippen molar-refractivity contribution >= 4 is 123 Å². The molecule has 15 aromatic carbocycles. The van der Waals surface area contributed by atoms with Crippen molar-refractivity contribution in [2.75, 3.05) is 9.80 Å². The van der Waals surface area contributed by atoms with Gasteiger partial charge in [-0.25, -0.2) is 0 Å². The number of hydrogen-bond acceptors (Lipinski definition) is 3. The van der Waals surface area contributed by atoms with Gasteiger partial charge in [0.05, 0.1) is 61.1 Å². The highest BCUT2D eigenvalue weighted by atomic mass is 15.2. The second-order valence-electron chi connectivity index (χ2n) is 35.1. The summed E-state index contributed by atoms with van der Waals surface area (Å²) in [6.45, 7) is 26.5. The van der Waals surface area contributed by atoms with Crippen LogP contribution in [0.3, 0.4) is 0 Å². The van der Waals surface area contributed by atoms with Gasteiger partial charge in [0.2, 0.25) is 0 Å². The van der Waals surface area contributed by atoms with E-state index in [2.05, 4.69) is 333 Å². The average molecular weight is 1480 g/mol. The first-order valence-electron chi connectivity index (χ1n) is 43.6. The summed E-state index contributed by atoms with van der Waals surface area (Å²) in [7, 11) is 0. The lowest BCUT2D eigenvalue weighted by Gasteiger charge is -2.45. The highest BCUT2D eigenvalue weighted by Crippen LogP contribution is 2.52. The van der Waals surface area contributed by atoms with Crippen LogP contribution in [0.2, 0.25) is 0 Å². The lowest BCUT2D eigenvalue weighted by molar-refractivity contribution is 0.569. The van der Waals surface area contributed by atoms with Crippen LogP contribution in [-0.4, -0.2) is 20.4 Å². The Morgan fingerprint density at radius 3 is 1.28 bits per heavy atom. The second kappa shape index (κ2) is 26.0. The summed E-state index contributed by atoms with van der Waals surface area (Å²) in [6, 6.07) is 96.6. The third-order valence-corrected chi connectivity index (χ3v) is 23.9. The van der Waals surface area contributed by atoms with E-state index >= 15 is 0 Å². The monoisotopic (exact) mass is 1480 g/mol. The van der Waals surface area contributed by atoms with E-state index < -0.39 is 55.1 Å². The predicted molar refractivity (Wildman–Crippen MR) is 485 cm³/mol. The normalized spacial score (nSPS) is 14.0. The maximum Gasteiger partial charge on any atom is 0.252 e. The summed E-state index contributed by atoms with van der Waals surface area (Å²) in [5.74, 6) is 0. The van der Waals surface area contributed by atoms with Crippen molar-refractivity contribution in [3.05, 3.63) is 349 Å². The molecule has 114 heavy (non-hydrogen) atoms. The molecule has 550 valence electrons. The Bertz CT molecular complexity index is 7320. The molecule has 2 aliphatic rings. The molecule has 7 heteroatoms. The van der Waals surface area contributed by atoms with Crippen molar-refractivity contribution in [3.63, 3.8) is 0 Å². The van der Waals surface area contributed by atoms with Crippen LogP contribution < -0.4 is 26.2 Å². The SMILES string of the molecule is [2H]c1c([2H])c([2H])c2c(c1[2H])c1c([2H])c([2H])c([2H])c([2H])c1n2-c1cc2c3c(c1)N(c1cccc(-n4c5ccccc5c5cc(-c6ccccc6)ccc54)c1C#N)c1cc(-c4cc(C(C)(C)C)cc(C(C)(C)C)c4)ccc1B3c1ccc(-n3c4ccc(C(C)(C)C)cc4c4cc(C(C)(C)C)ccc43)cc1N2c1cc(-c2ccccc2)cc(-c2ccccc2)c1. The van der Waals surface area contributed by atoms with Crippen LogP contribution in [0.4, 0.5) is 34.1 Å². The van der Waals surface area contributed by atoms with Gasteiger partial charge >= 0.3 is 0 Å². The third kappa shape index (κ3) is 11.3. The van der Waals surface area contributed by atoms with Gasteiger partial charge in [-0.05, 0) is 220 Å². The van der Waals surface area contributed by atoms with Crippen molar-refractivity contribution in [1.82, 2.24) is 13.7 Å². The average Bonchev–Trinajstić information content (AvgIpc) is 1.19. The number of aromatic nitrogens is 3. The maximum absolute atomic E-state index is 12.8. The molecule has 18 aromatic rings. The molecule has 0 saturated heterocycles. The first-order valence-corrected chi connectivity index (χ1v) is 39.6. The molecule has 0 atom stereocenters. The van der Waals surface area contributed by atoms with E-state index in [0.29, 0.717) is 34.0 Å². The summed E-state index contributed by atoms with van der Waals surface area (Å²) in [5.41, 5.74) is 24.9. The van der Waals surface area contributed by atoms with Crippen LogP contribution in [-0.2, 0) is 21.7 Å². The number of anilines is 6. The fraction of sp³-hybridized carbons (Fsp3) is 0.150. The molecule has 0 N–H and O–H groups in total. The highest BCUT2D eigenvalue weighted by molar-refractivity contribution is 7.00. The molecule has 0 unspecified atom stereocenters. The molecule has 20 rings (SSSR count). The van der Waals surface area contributed by atoms with Crippen molar-refractivity contribution in [2.45, 2.75) is 105 Å². The van der Waals surface area contributed by atoms with Gasteiger partial charge in [-0.15, -0.1) is 0 Å². The van der Waals surface area contributed by atoms with Crippen LogP contribution in [0.1, 0.15) is 122 Å². The molecular formula is C107H89BN6. The Hall–Kier alpha value is -13.1. The molecule has 0 saturated carbocycles. The van der Waals surface area contributed by atoms with E-state index in [1.54, 1.807) is 4.57 Å². The minimum atomic E-state index is -0.592. The van der Waals surface area contributed by atoms with E-state index in [4.69, 9.17) is 0 Å². The lowest BCUT2D eigenvalue weighted by Crippen LogP contribution is -2.61. The van der Waals surface area contributed by atoms with Gasteiger partial charge in [0.1, 0.15) is 11.6 Å². The molecule has 3 aromatic heterocycles. The Morgan fingerprint density at radius 2 is 0.711 bits per heavy atom. The molecule has 0 spiro atoms. The van der Waals surface area contributed by atoms with Crippen molar-refractivity contribution in [1.29, 1.82) is 5.26 Å². The lowest BCUT2D eigenvalue weighted by atomic mass is 9.33. The molecule has 2 aliphatic heterocycles. The summed E-state index contributed by atoms with van der Waals surface area (Å²) < 4.78 is 84.3. The van der Waals surface area contributed by atoms with Crippen molar-refractivity contribution in [3.8, 4) is 67.6 Å². The molecule has 0 fully saturated rings. The van der Waals surface area contributed by atoms with Crippen molar-refractivity contribution < 1.29 is 11.0 Å². The van der Waals surface area contributed by atoms with E-state index in [-0.39, 0.29) is 43.5 Å². The summed E-state index contributed by atoms with van der Waals surface area (Å²) in [5, 5.41) is 17.0. The number of rotatable bonds is 9. The molecule has 0 bridgehead atoms. The number of fused-ring (bicyclic) bond motifs is 13. The van der Waals surface area contributed by atoms with Crippen LogP contribution in [0.15, 0.2) is 321 Å². The largest absolute Gasteiger partial charge is 0.311 e. The zero-order valence-corrected chi connectivity index (χ0v) is 66.2. The quantitative estimate of drug-likeness (QED) is 0.135. The van der Waals surface area contributed by atoms with Crippen LogP contribution >= 0.6 is 0 Å². The predicted octanol–water partition coefficient (Wildman–Crippen LogP) is 26.8. The Morgan fingerprint density at radius 1 is 0.272 bits per heavy atom. The highest BCUT2D eigenvalue weighted by Gasteiger charge is 2.45. The van der Waals surface area contributed by atoms with Crippen LogP contribution in [0, 0.1) is 11.3 Å². The molecule has 0 amide bonds. The van der Waals surface area contributed by atoms with Crippen LogP contribution in [0.25, 0.3) is 127 Å². The number of benzene rings is 15. The first-order chi connectivity index (χ1) is 58.3. The molecular weight excluding hydrogens is 1380 g/mol. The minimum Gasteiger partial charge on any atom is -0.311 e.